The molecule has 1 aromatic carbocycles. The first-order valence-electron chi connectivity index (χ1n) is 6.02. The SMILES string of the molecule is O=C1CCCCC1/C=C/c1ccccc1.[N-]=[N+]=[N-]. The van der Waals surface area contributed by atoms with Crippen LogP contribution in [-0.4, -0.2) is 5.78 Å². The molecule has 1 saturated carbocycles. The largest absolute Gasteiger partial charge is 0.373 e. The van der Waals surface area contributed by atoms with Gasteiger partial charge in [-0.15, -0.1) is 0 Å². The summed E-state index contributed by atoms with van der Waals surface area (Å²) in [6, 6.07) is 10.2. The van der Waals surface area contributed by atoms with Crippen molar-refractivity contribution in [3.8, 4) is 0 Å². The Labute approximate surface area is 107 Å². The number of ketones is 1. The predicted octanol–water partition coefficient (Wildman–Crippen LogP) is 4.33. The van der Waals surface area contributed by atoms with Gasteiger partial charge >= 0.3 is 0 Å². The Morgan fingerprint density at radius 3 is 2.44 bits per heavy atom. The summed E-state index contributed by atoms with van der Waals surface area (Å²) in [6.07, 6.45) is 8.20. The van der Waals surface area contributed by atoms with Gasteiger partial charge in [-0.05, 0) is 18.4 Å². The predicted molar refractivity (Wildman–Crippen MR) is 72.5 cm³/mol. The summed E-state index contributed by atoms with van der Waals surface area (Å²) in [4.78, 5) is 13.1. The lowest BCUT2D eigenvalue weighted by atomic mass is 9.87. The molecule has 0 spiro atoms. The molecule has 4 nitrogen and oxygen atoms in total. The van der Waals surface area contributed by atoms with Crippen molar-refractivity contribution in [2.75, 3.05) is 0 Å². The van der Waals surface area contributed by atoms with Crippen LogP contribution in [0.25, 0.3) is 22.0 Å². The molecule has 0 heterocycles. The number of hydrogen-bond donors (Lipinski definition) is 0. The summed E-state index contributed by atoms with van der Waals surface area (Å²) in [6.45, 7) is 0. The third-order valence-corrected chi connectivity index (χ3v) is 2.92. The molecule has 0 bridgehead atoms. The summed E-state index contributed by atoms with van der Waals surface area (Å²) in [5.41, 5.74) is 14.7. The number of benzene rings is 1. The van der Waals surface area contributed by atoms with Gasteiger partial charge in [-0.25, -0.2) is 0 Å². The van der Waals surface area contributed by atoms with Crippen LogP contribution in [0.15, 0.2) is 36.4 Å². The molecule has 94 valence electrons. The van der Waals surface area contributed by atoms with Gasteiger partial charge in [0.2, 0.25) is 0 Å². The van der Waals surface area contributed by atoms with Crippen molar-refractivity contribution in [1.29, 1.82) is 0 Å². The van der Waals surface area contributed by atoms with Crippen LogP contribution in [-0.2, 0) is 4.79 Å². The minimum atomic E-state index is 0.166. The van der Waals surface area contributed by atoms with Crippen molar-refractivity contribution >= 4 is 11.9 Å². The normalized spacial score (nSPS) is 18.9. The molecular weight excluding hydrogens is 226 g/mol. The maximum absolute atomic E-state index is 11.6. The first-order chi connectivity index (χ1) is 8.77. The van der Waals surface area contributed by atoms with Gasteiger partial charge < -0.3 is 11.1 Å². The van der Waals surface area contributed by atoms with Gasteiger partial charge in [0.05, 0.1) is 0 Å². The average Bonchev–Trinajstić information content (AvgIpc) is 2.40. The van der Waals surface area contributed by atoms with Crippen LogP contribution in [0.5, 0.6) is 0 Å². The van der Waals surface area contributed by atoms with E-state index < -0.39 is 0 Å². The summed E-state index contributed by atoms with van der Waals surface area (Å²) < 4.78 is 0. The van der Waals surface area contributed by atoms with Crippen molar-refractivity contribution in [3.63, 3.8) is 0 Å². The average molecular weight is 242 g/mol. The molecule has 0 saturated heterocycles. The van der Waals surface area contributed by atoms with E-state index in [2.05, 4.69) is 24.3 Å². The van der Waals surface area contributed by atoms with Crippen LogP contribution in [0.3, 0.4) is 0 Å². The van der Waals surface area contributed by atoms with E-state index >= 15 is 0 Å². The number of rotatable bonds is 2. The zero-order valence-electron chi connectivity index (χ0n) is 10.2. The number of Topliss-reactive ketones (excluding diaryl/α,β-unsaturated/α-hetero) is 1. The third-order valence-electron chi connectivity index (χ3n) is 2.92. The second-order valence-corrected chi connectivity index (χ2v) is 4.18. The molecule has 18 heavy (non-hydrogen) atoms. The van der Waals surface area contributed by atoms with Gasteiger partial charge in [0.1, 0.15) is 5.78 Å². The van der Waals surface area contributed by atoms with Gasteiger partial charge in [0, 0.05) is 12.3 Å². The van der Waals surface area contributed by atoms with E-state index in [1.165, 1.54) is 16.9 Å². The molecule has 1 aliphatic carbocycles. The van der Waals surface area contributed by atoms with Gasteiger partial charge in [0.15, 0.2) is 0 Å². The lowest BCUT2D eigenvalue weighted by Gasteiger charge is -2.16. The zero-order valence-corrected chi connectivity index (χ0v) is 10.2. The second-order valence-electron chi connectivity index (χ2n) is 4.18. The maximum atomic E-state index is 11.6. The van der Waals surface area contributed by atoms with Crippen molar-refractivity contribution < 1.29 is 4.79 Å². The Kier molecular flexibility index (Phi) is 6.30. The lowest BCUT2D eigenvalue weighted by molar-refractivity contribution is -0.122. The molecular formula is C14H16N3O-. The van der Waals surface area contributed by atoms with Crippen molar-refractivity contribution in [2.45, 2.75) is 25.7 Å². The minimum Gasteiger partial charge on any atom is -0.373 e. The lowest BCUT2D eigenvalue weighted by Crippen LogP contribution is -2.16. The van der Waals surface area contributed by atoms with Gasteiger partial charge in [0.25, 0.3) is 0 Å². The quantitative estimate of drug-likeness (QED) is 0.432. The Morgan fingerprint density at radius 2 is 1.83 bits per heavy atom. The fraction of sp³-hybridized carbons (Fsp3) is 0.357. The summed E-state index contributed by atoms with van der Waals surface area (Å²) in [5, 5.41) is 0. The number of nitrogens with zero attached hydrogens (tertiary/aromatic N) is 3. The molecule has 4 heteroatoms. The van der Waals surface area contributed by atoms with Crippen LogP contribution in [0.4, 0.5) is 0 Å². The second kappa shape index (κ2) is 8.09. The highest BCUT2D eigenvalue weighted by atomic mass is 16.1. The van der Waals surface area contributed by atoms with Crippen molar-refractivity contribution in [3.05, 3.63) is 57.9 Å². The fourth-order valence-electron chi connectivity index (χ4n) is 2.00. The molecule has 0 N–H and O–H groups in total. The van der Waals surface area contributed by atoms with E-state index in [9.17, 15) is 4.79 Å². The number of carbonyl (C=O) groups is 1. The van der Waals surface area contributed by atoms with E-state index in [4.69, 9.17) is 11.1 Å². The zero-order chi connectivity index (χ0) is 13.2. The monoisotopic (exact) mass is 242 g/mol. The smallest absolute Gasteiger partial charge is 0.139 e. The van der Waals surface area contributed by atoms with Crippen LogP contribution >= 0.6 is 0 Å². The fourth-order valence-corrected chi connectivity index (χ4v) is 2.00. The maximum Gasteiger partial charge on any atom is 0.139 e. The third kappa shape index (κ3) is 4.85. The Hall–Kier alpha value is -2.06. The van der Waals surface area contributed by atoms with Gasteiger partial charge in [-0.3, -0.25) is 9.71 Å². The highest BCUT2D eigenvalue weighted by Crippen LogP contribution is 2.22. The molecule has 0 radical (unpaired) electrons. The van der Waals surface area contributed by atoms with Gasteiger partial charge in [-0.2, -0.15) is 0 Å². The van der Waals surface area contributed by atoms with Crippen LogP contribution in [0, 0.1) is 5.92 Å². The van der Waals surface area contributed by atoms with E-state index in [0.717, 1.165) is 19.3 Å². The van der Waals surface area contributed by atoms with E-state index in [0.29, 0.717) is 5.78 Å². The first kappa shape index (κ1) is 14.0. The molecule has 2 rings (SSSR count). The summed E-state index contributed by atoms with van der Waals surface area (Å²) in [7, 11) is 0. The standard InChI is InChI=1S/C14H16O.N3/c15-14-9-5-4-8-13(14)11-10-12-6-2-1-3-7-12;1-3-2/h1-3,6-7,10-11,13H,4-5,8-9H2;/q;-1/b11-10+;. The van der Waals surface area contributed by atoms with Crippen LogP contribution < -0.4 is 0 Å². The summed E-state index contributed by atoms with van der Waals surface area (Å²) in [5.74, 6) is 0.576. The molecule has 1 unspecified atom stereocenters. The number of hydrogen-bond acceptors (Lipinski definition) is 1. The molecule has 0 aliphatic heterocycles. The van der Waals surface area contributed by atoms with Gasteiger partial charge in [-0.1, -0.05) is 48.9 Å². The van der Waals surface area contributed by atoms with Crippen molar-refractivity contribution in [1.82, 2.24) is 0 Å². The summed E-state index contributed by atoms with van der Waals surface area (Å²) >= 11 is 0. The molecule has 1 aliphatic rings. The van der Waals surface area contributed by atoms with Crippen molar-refractivity contribution in [2.24, 2.45) is 5.92 Å². The minimum absolute atomic E-state index is 0.166. The molecule has 0 aromatic heterocycles. The van der Waals surface area contributed by atoms with E-state index in [1.807, 2.05) is 18.2 Å². The van der Waals surface area contributed by atoms with Crippen LogP contribution in [0.2, 0.25) is 0 Å². The molecule has 1 fully saturated rings. The number of carbonyl (C=O) groups excluding carboxylic acids is 1. The van der Waals surface area contributed by atoms with E-state index in [1.54, 1.807) is 0 Å². The highest BCUT2D eigenvalue weighted by Gasteiger charge is 2.18. The topological polar surface area (TPSA) is 75.8 Å². The molecule has 1 aromatic rings. The molecule has 1 atom stereocenters. The van der Waals surface area contributed by atoms with Crippen LogP contribution in [0.1, 0.15) is 31.2 Å². The highest BCUT2D eigenvalue weighted by molar-refractivity contribution is 5.84. The Morgan fingerprint density at radius 1 is 1.17 bits per heavy atom. The number of allylic oxidation sites excluding steroid dienone is 1. The molecule has 0 amide bonds. The van der Waals surface area contributed by atoms with E-state index in [-0.39, 0.29) is 5.92 Å². The Bertz CT molecular complexity index is 434. The Balaban J connectivity index is 0.000000492. The first-order valence-corrected chi connectivity index (χ1v) is 6.02.